The predicted molar refractivity (Wildman–Crippen MR) is 69.9 cm³/mol. The molecule has 1 rings (SSSR count). The summed E-state index contributed by atoms with van der Waals surface area (Å²) in [5.41, 5.74) is 5.07. The van der Waals surface area contributed by atoms with Gasteiger partial charge in [-0.25, -0.2) is 0 Å². The van der Waals surface area contributed by atoms with Crippen molar-refractivity contribution in [2.45, 2.75) is 12.3 Å². The molecule has 1 heterocycles. The van der Waals surface area contributed by atoms with Crippen molar-refractivity contribution < 1.29 is 32.2 Å². The maximum atomic E-state index is 11.9. The minimum atomic E-state index is -4.45. The number of primary amides is 1. The van der Waals surface area contributed by atoms with Gasteiger partial charge in [0.25, 0.3) is 0 Å². The molecule has 0 aromatic rings. The van der Waals surface area contributed by atoms with Crippen LogP contribution in [0.2, 0.25) is 0 Å². The Morgan fingerprint density at radius 3 is 2.73 bits per heavy atom. The number of nitrogens with two attached hydrogens (primary N) is 1. The highest BCUT2D eigenvalue weighted by Gasteiger charge is 2.29. The topological polar surface area (TPSA) is 85.1 Å². The molecule has 7 nitrogen and oxygen atoms in total. The number of carbonyl (C=O) groups excluding carboxylic acids is 2. The fraction of sp³-hybridized carbons (Fsp3) is 0.833. The van der Waals surface area contributed by atoms with Crippen molar-refractivity contribution in [1.82, 2.24) is 9.80 Å². The van der Waals surface area contributed by atoms with Crippen molar-refractivity contribution in [3.8, 4) is 0 Å². The summed E-state index contributed by atoms with van der Waals surface area (Å²) in [5.74, 6) is -0.998. The molecule has 0 bridgehead atoms. The number of carbonyl (C=O) groups is 2. The summed E-state index contributed by atoms with van der Waals surface area (Å²) in [7, 11) is 1.68. The van der Waals surface area contributed by atoms with Gasteiger partial charge in [0, 0.05) is 19.6 Å². The molecule has 2 N–H and O–H groups in total. The van der Waals surface area contributed by atoms with Crippen LogP contribution in [0, 0.1) is 0 Å². The number of rotatable bonds is 7. The van der Waals surface area contributed by atoms with Crippen molar-refractivity contribution in [1.29, 1.82) is 0 Å². The summed E-state index contributed by atoms with van der Waals surface area (Å²) in [5, 5.41) is 0. The summed E-state index contributed by atoms with van der Waals surface area (Å²) in [4.78, 5) is 25.6. The van der Waals surface area contributed by atoms with E-state index >= 15 is 0 Å². The Hall–Kier alpha value is -1.39. The van der Waals surface area contributed by atoms with E-state index in [9.17, 15) is 22.8 Å². The van der Waals surface area contributed by atoms with Gasteiger partial charge in [0.15, 0.2) is 0 Å². The van der Waals surface area contributed by atoms with E-state index in [1.54, 1.807) is 11.9 Å². The van der Waals surface area contributed by atoms with E-state index in [2.05, 4.69) is 4.74 Å². The zero-order valence-corrected chi connectivity index (χ0v) is 12.3. The van der Waals surface area contributed by atoms with Gasteiger partial charge in [-0.05, 0) is 7.05 Å². The van der Waals surface area contributed by atoms with Crippen molar-refractivity contribution >= 4 is 11.8 Å². The fourth-order valence-electron chi connectivity index (χ4n) is 2.08. The van der Waals surface area contributed by atoms with Crippen molar-refractivity contribution in [3.05, 3.63) is 0 Å². The Kier molecular flexibility index (Phi) is 7.04. The van der Waals surface area contributed by atoms with Gasteiger partial charge in [-0.3, -0.25) is 14.5 Å². The minimum absolute atomic E-state index is 0.0580. The average Bonchev–Trinajstić information content (AvgIpc) is 2.36. The number of hydrogen-bond acceptors (Lipinski definition) is 5. The van der Waals surface area contributed by atoms with E-state index in [1.165, 1.54) is 4.90 Å². The van der Waals surface area contributed by atoms with Gasteiger partial charge < -0.3 is 20.1 Å². The first kappa shape index (κ1) is 18.7. The molecule has 1 aliphatic rings. The van der Waals surface area contributed by atoms with Crippen LogP contribution in [0.5, 0.6) is 0 Å². The second-order valence-corrected chi connectivity index (χ2v) is 5.10. The molecule has 1 aliphatic heterocycles. The van der Waals surface area contributed by atoms with Crippen LogP contribution in [0.3, 0.4) is 0 Å². The van der Waals surface area contributed by atoms with Crippen molar-refractivity contribution in [3.63, 3.8) is 0 Å². The van der Waals surface area contributed by atoms with Crippen LogP contribution in [0.25, 0.3) is 0 Å². The normalized spacial score (nSPS) is 19.5. The number of amides is 2. The lowest BCUT2D eigenvalue weighted by Gasteiger charge is -2.34. The Labute approximate surface area is 126 Å². The highest BCUT2D eigenvalue weighted by molar-refractivity contribution is 5.77. The molecule has 1 fully saturated rings. The van der Waals surface area contributed by atoms with Gasteiger partial charge in [-0.1, -0.05) is 0 Å². The largest absolute Gasteiger partial charge is 0.411 e. The molecule has 22 heavy (non-hydrogen) atoms. The summed E-state index contributed by atoms with van der Waals surface area (Å²) in [6.45, 7) is -0.822. The van der Waals surface area contributed by atoms with Gasteiger partial charge in [-0.2, -0.15) is 13.2 Å². The number of hydrogen-bond donors (Lipinski definition) is 1. The Bertz CT molecular complexity index is 392. The Morgan fingerprint density at radius 2 is 2.14 bits per heavy atom. The van der Waals surface area contributed by atoms with Gasteiger partial charge >= 0.3 is 6.18 Å². The third-order valence-electron chi connectivity index (χ3n) is 2.92. The van der Waals surface area contributed by atoms with Crippen molar-refractivity contribution in [2.75, 3.05) is 53.0 Å². The molecule has 10 heteroatoms. The second kappa shape index (κ2) is 8.30. The minimum Gasteiger partial charge on any atom is -0.373 e. The third-order valence-corrected chi connectivity index (χ3v) is 2.92. The number of alkyl halides is 3. The smallest absolute Gasteiger partial charge is 0.373 e. The molecule has 1 saturated heterocycles. The number of morpholine rings is 1. The Balaban J connectivity index is 2.35. The molecule has 0 saturated carbocycles. The lowest BCUT2D eigenvalue weighted by atomic mass is 10.2. The Morgan fingerprint density at radius 1 is 1.45 bits per heavy atom. The zero-order chi connectivity index (χ0) is 16.8. The maximum absolute atomic E-state index is 11.9. The first-order valence-corrected chi connectivity index (χ1v) is 6.68. The first-order chi connectivity index (χ1) is 10.2. The molecule has 1 atom stereocenters. The van der Waals surface area contributed by atoms with Crippen LogP contribution < -0.4 is 5.73 Å². The van der Waals surface area contributed by atoms with E-state index < -0.39 is 31.2 Å². The van der Waals surface area contributed by atoms with Crippen LogP contribution in [0.1, 0.15) is 0 Å². The number of nitrogens with zero attached hydrogens (tertiary/aromatic N) is 2. The standard InChI is InChI=1S/C12H20F3N3O4/c1-17(6-10(16)19)4-9-5-18(2-3-22-9)11(20)7-21-8-12(13,14)15/h9H,2-8H2,1H3,(H2,16,19). The van der Waals surface area contributed by atoms with Crippen LogP contribution in [-0.2, 0) is 19.1 Å². The quantitative estimate of drug-likeness (QED) is 0.662. The molecule has 0 spiro atoms. The molecule has 2 amide bonds. The monoisotopic (exact) mass is 327 g/mol. The molecular formula is C12H20F3N3O4. The summed E-state index contributed by atoms with van der Waals surface area (Å²) in [6, 6.07) is 0. The van der Waals surface area contributed by atoms with Gasteiger partial charge in [-0.15, -0.1) is 0 Å². The number of likely N-dealkylation sites (N-methyl/N-ethyl adjacent to an activating group) is 1. The van der Waals surface area contributed by atoms with E-state index in [4.69, 9.17) is 10.5 Å². The van der Waals surface area contributed by atoms with Crippen LogP contribution >= 0.6 is 0 Å². The molecule has 0 radical (unpaired) electrons. The highest BCUT2D eigenvalue weighted by atomic mass is 19.4. The van der Waals surface area contributed by atoms with Gasteiger partial charge in [0.05, 0.1) is 19.3 Å². The first-order valence-electron chi connectivity index (χ1n) is 6.68. The number of halogens is 3. The zero-order valence-electron chi connectivity index (χ0n) is 12.3. The van der Waals surface area contributed by atoms with Gasteiger partial charge in [0.2, 0.25) is 11.8 Å². The molecule has 1 unspecified atom stereocenters. The molecule has 0 aromatic heterocycles. The summed E-state index contributed by atoms with van der Waals surface area (Å²) in [6.07, 6.45) is -4.78. The number of ether oxygens (including phenoxy) is 2. The van der Waals surface area contributed by atoms with Crippen molar-refractivity contribution in [2.24, 2.45) is 5.73 Å². The SMILES string of the molecule is CN(CC(N)=O)CC1CN(C(=O)COCC(F)(F)F)CCO1. The summed E-state index contributed by atoms with van der Waals surface area (Å²) >= 11 is 0. The van der Waals surface area contributed by atoms with Crippen LogP contribution in [-0.4, -0.2) is 86.9 Å². The fourth-order valence-corrected chi connectivity index (χ4v) is 2.08. The van der Waals surface area contributed by atoms with Gasteiger partial charge in [0.1, 0.15) is 13.2 Å². The third kappa shape index (κ3) is 7.57. The van der Waals surface area contributed by atoms with E-state index in [0.29, 0.717) is 13.1 Å². The van der Waals surface area contributed by atoms with E-state index in [1.807, 2.05) is 0 Å². The molecule has 0 aromatic carbocycles. The lowest BCUT2D eigenvalue weighted by molar-refractivity contribution is -0.179. The second-order valence-electron chi connectivity index (χ2n) is 5.10. The highest BCUT2D eigenvalue weighted by Crippen LogP contribution is 2.14. The molecule has 128 valence electrons. The van der Waals surface area contributed by atoms with Crippen LogP contribution in [0.15, 0.2) is 0 Å². The van der Waals surface area contributed by atoms with Crippen LogP contribution in [0.4, 0.5) is 13.2 Å². The lowest BCUT2D eigenvalue weighted by Crippen LogP contribution is -2.50. The predicted octanol–water partition coefficient (Wildman–Crippen LogP) is -0.790. The van der Waals surface area contributed by atoms with E-state index in [-0.39, 0.29) is 25.8 Å². The maximum Gasteiger partial charge on any atom is 0.411 e. The molecule has 0 aliphatic carbocycles. The van der Waals surface area contributed by atoms with E-state index in [0.717, 1.165) is 0 Å². The summed E-state index contributed by atoms with van der Waals surface area (Å²) < 4.78 is 45.6. The molecular weight excluding hydrogens is 307 g/mol. The average molecular weight is 327 g/mol.